The Hall–Kier alpha value is -2.72. The van der Waals surface area contributed by atoms with Crippen molar-refractivity contribution in [3.05, 3.63) is 56.5 Å². The Morgan fingerprint density at radius 2 is 2.00 bits per heavy atom. The molecule has 2 aromatic carbocycles. The van der Waals surface area contributed by atoms with Crippen molar-refractivity contribution in [1.82, 2.24) is 5.32 Å². The molecule has 2 rings (SSSR count). The molecule has 0 aliphatic heterocycles. The van der Waals surface area contributed by atoms with Gasteiger partial charge in [-0.1, -0.05) is 29.8 Å². The van der Waals surface area contributed by atoms with Crippen LogP contribution in [0.15, 0.2) is 40.9 Å². The third-order valence-corrected chi connectivity index (χ3v) is 4.33. The summed E-state index contributed by atoms with van der Waals surface area (Å²) >= 11 is 8.49. The molecule has 2 aromatic rings. The smallest absolute Gasteiger partial charge is 0.296 e. The van der Waals surface area contributed by atoms with Gasteiger partial charge in [-0.25, -0.2) is 0 Å². The Morgan fingerprint density at radius 1 is 1.28 bits per heavy atom. The van der Waals surface area contributed by atoms with Gasteiger partial charge in [0.2, 0.25) is 0 Å². The van der Waals surface area contributed by atoms with Gasteiger partial charge in [0.05, 0.1) is 30.3 Å². The quantitative estimate of drug-likeness (QED) is 0.340. The zero-order chi connectivity index (χ0) is 21.6. The lowest BCUT2D eigenvalue weighted by molar-refractivity contribution is -0.384. The third-order valence-electron chi connectivity index (χ3n) is 3.64. The molecule has 0 heterocycles. The molecule has 0 aromatic heterocycles. The number of nitrogens with one attached hydrogen (secondary N) is 2. The fourth-order valence-electron chi connectivity index (χ4n) is 2.28. The molecule has 0 bridgehead atoms. The van der Waals surface area contributed by atoms with Gasteiger partial charge in [-0.05, 0) is 48.5 Å². The standard InChI is InChI=1S/C19H20BrN3O5S/c1-11(2)10-28-17-7-4-12(20)8-14(17)18(24)22-19(29)21-15-6-5-13(27-3)9-16(15)23(25)26/h4-9,11H,10H2,1-3H3,(H2,21,22,24,29). The lowest BCUT2D eigenvalue weighted by Crippen LogP contribution is -2.34. The highest BCUT2D eigenvalue weighted by Crippen LogP contribution is 2.29. The second-order valence-electron chi connectivity index (χ2n) is 6.39. The molecule has 0 unspecified atom stereocenters. The first-order chi connectivity index (χ1) is 13.7. The molecule has 0 atom stereocenters. The van der Waals surface area contributed by atoms with Crippen LogP contribution in [0.5, 0.6) is 11.5 Å². The van der Waals surface area contributed by atoms with E-state index >= 15 is 0 Å². The lowest BCUT2D eigenvalue weighted by atomic mass is 10.2. The largest absolute Gasteiger partial charge is 0.496 e. The summed E-state index contributed by atoms with van der Waals surface area (Å²) in [6.07, 6.45) is 0. The van der Waals surface area contributed by atoms with Gasteiger partial charge >= 0.3 is 0 Å². The Labute approximate surface area is 181 Å². The molecule has 1 amide bonds. The minimum atomic E-state index is -0.568. The number of anilines is 1. The van der Waals surface area contributed by atoms with Crippen LogP contribution in [0, 0.1) is 16.0 Å². The maximum Gasteiger partial charge on any atom is 0.296 e. The molecule has 8 nitrogen and oxygen atoms in total. The predicted molar refractivity (Wildman–Crippen MR) is 118 cm³/mol. The number of nitrogens with zero attached hydrogens (tertiary/aromatic N) is 1. The van der Waals surface area contributed by atoms with Crippen LogP contribution in [-0.4, -0.2) is 29.7 Å². The Bertz CT molecular complexity index is 936. The highest BCUT2D eigenvalue weighted by molar-refractivity contribution is 9.10. The van der Waals surface area contributed by atoms with E-state index in [2.05, 4.69) is 26.6 Å². The first kappa shape index (κ1) is 22.6. The summed E-state index contributed by atoms with van der Waals surface area (Å²) in [6, 6.07) is 9.33. The summed E-state index contributed by atoms with van der Waals surface area (Å²) in [5, 5.41) is 16.4. The van der Waals surface area contributed by atoms with E-state index in [0.717, 1.165) is 0 Å². The number of methoxy groups -OCH3 is 1. The van der Waals surface area contributed by atoms with Crippen LogP contribution in [0.2, 0.25) is 0 Å². The fraction of sp³-hybridized carbons (Fsp3) is 0.263. The van der Waals surface area contributed by atoms with E-state index in [1.165, 1.54) is 19.2 Å². The minimum Gasteiger partial charge on any atom is -0.496 e. The average Bonchev–Trinajstić information content (AvgIpc) is 2.66. The van der Waals surface area contributed by atoms with Gasteiger partial charge in [0.15, 0.2) is 5.11 Å². The van der Waals surface area contributed by atoms with E-state index in [0.29, 0.717) is 22.6 Å². The minimum absolute atomic E-state index is 0.0851. The SMILES string of the molecule is COc1ccc(NC(=S)NC(=O)c2cc(Br)ccc2OCC(C)C)c([N+](=O)[O-])c1. The van der Waals surface area contributed by atoms with Crippen LogP contribution in [0.25, 0.3) is 0 Å². The predicted octanol–water partition coefficient (Wildman–Crippen LogP) is 4.53. The van der Waals surface area contributed by atoms with Crippen molar-refractivity contribution in [3.8, 4) is 11.5 Å². The number of hydrogen-bond donors (Lipinski definition) is 2. The maximum absolute atomic E-state index is 12.7. The van der Waals surface area contributed by atoms with Crippen LogP contribution >= 0.6 is 28.1 Å². The molecule has 0 aliphatic carbocycles. The first-order valence-electron chi connectivity index (χ1n) is 8.58. The molecule has 154 valence electrons. The van der Waals surface area contributed by atoms with Crippen LogP contribution in [0.1, 0.15) is 24.2 Å². The fourth-order valence-corrected chi connectivity index (χ4v) is 2.84. The maximum atomic E-state index is 12.7. The number of rotatable bonds is 7. The molecule has 0 aliphatic rings. The van der Waals surface area contributed by atoms with Crippen molar-refractivity contribution in [3.63, 3.8) is 0 Å². The van der Waals surface area contributed by atoms with E-state index in [4.69, 9.17) is 21.7 Å². The monoisotopic (exact) mass is 481 g/mol. The van der Waals surface area contributed by atoms with Crippen LogP contribution < -0.4 is 20.1 Å². The van der Waals surface area contributed by atoms with E-state index in [1.807, 2.05) is 13.8 Å². The Morgan fingerprint density at radius 3 is 2.62 bits per heavy atom. The molecule has 2 N–H and O–H groups in total. The van der Waals surface area contributed by atoms with Crippen molar-refractivity contribution >= 4 is 50.5 Å². The van der Waals surface area contributed by atoms with Gasteiger partial charge in [-0.15, -0.1) is 0 Å². The van der Waals surface area contributed by atoms with Crippen LogP contribution in [0.4, 0.5) is 11.4 Å². The van der Waals surface area contributed by atoms with Crippen molar-refractivity contribution in [2.45, 2.75) is 13.8 Å². The zero-order valence-corrected chi connectivity index (χ0v) is 18.4. The molecule has 0 radical (unpaired) electrons. The van der Waals surface area contributed by atoms with E-state index in [-0.39, 0.29) is 28.0 Å². The van der Waals surface area contributed by atoms with Gasteiger partial charge in [0.1, 0.15) is 17.2 Å². The number of thiocarbonyl (C=S) groups is 1. The van der Waals surface area contributed by atoms with Gasteiger partial charge in [-0.2, -0.15) is 0 Å². The number of ether oxygens (including phenoxy) is 2. The summed E-state index contributed by atoms with van der Waals surface area (Å²) < 4.78 is 11.4. The molecule has 0 spiro atoms. The topological polar surface area (TPSA) is 103 Å². The van der Waals surface area contributed by atoms with E-state index in [1.54, 1.807) is 24.3 Å². The molecule has 10 heteroatoms. The number of hydrogen-bond acceptors (Lipinski definition) is 6. The number of carbonyl (C=O) groups excluding carboxylic acids is 1. The normalized spacial score (nSPS) is 10.4. The second kappa shape index (κ2) is 10.2. The van der Waals surface area contributed by atoms with E-state index < -0.39 is 10.8 Å². The first-order valence-corrected chi connectivity index (χ1v) is 9.78. The van der Waals surface area contributed by atoms with Gasteiger partial charge in [-0.3, -0.25) is 20.2 Å². The summed E-state index contributed by atoms with van der Waals surface area (Å²) in [4.78, 5) is 23.4. The summed E-state index contributed by atoms with van der Waals surface area (Å²) in [5.74, 6) is 0.530. The number of nitro benzene ring substituents is 1. The molecule has 0 saturated carbocycles. The van der Waals surface area contributed by atoms with Crippen molar-refractivity contribution in [2.75, 3.05) is 19.0 Å². The average molecular weight is 482 g/mol. The highest BCUT2D eigenvalue weighted by Gasteiger charge is 2.19. The Kier molecular flexibility index (Phi) is 7.91. The van der Waals surface area contributed by atoms with Crippen LogP contribution in [-0.2, 0) is 0 Å². The van der Waals surface area contributed by atoms with Crippen molar-refractivity contribution in [1.29, 1.82) is 0 Å². The van der Waals surface area contributed by atoms with Crippen LogP contribution in [0.3, 0.4) is 0 Å². The number of carbonyl (C=O) groups is 1. The lowest BCUT2D eigenvalue weighted by Gasteiger charge is -2.15. The second-order valence-corrected chi connectivity index (χ2v) is 7.72. The highest BCUT2D eigenvalue weighted by atomic mass is 79.9. The molecule has 0 saturated heterocycles. The van der Waals surface area contributed by atoms with Gasteiger partial charge < -0.3 is 14.8 Å². The number of benzene rings is 2. The summed E-state index contributed by atoms with van der Waals surface area (Å²) in [5.41, 5.74) is 0.185. The zero-order valence-electron chi connectivity index (χ0n) is 16.0. The molecular formula is C19H20BrN3O5S. The number of amides is 1. The molecule has 0 fully saturated rings. The Balaban J connectivity index is 2.17. The molecule has 29 heavy (non-hydrogen) atoms. The number of halogens is 1. The molecular weight excluding hydrogens is 462 g/mol. The van der Waals surface area contributed by atoms with Crippen molar-refractivity contribution < 1.29 is 19.2 Å². The number of nitro groups is 1. The van der Waals surface area contributed by atoms with Gasteiger partial charge in [0, 0.05) is 4.47 Å². The summed E-state index contributed by atoms with van der Waals surface area (Å²) in [7, 11) is 1.41. The van der Waals surface area contributed by atoms with Gasteiger partial charge in [0.25, 0.3) is 11.6 Å². The van der Waals surface area contributed by atoms with E-state index in [9.17, 15) is 14.9 Å². The summed E-state index contributed by atoms with van der Waals surface area (Å²) in [6.45, 7) is 4.45. The van der Waals surface area contributed by atoms with Crippen molar-refractivity contribution in [2.24, 2.45) is 5.92 Å². The third kappa shape index (κ3) is 6.40.